The number of fused-ring (bicyclic) bond motifs is 12. The molecule has 2 aliphatic rings. The van der Waals surface area contributed by atoms with Gasteiger partial charge in [0.25, 0.3) is 0 Å². The van der Waals surface area contributed by atoms with Crippen LogP contribution in [0.3, 0.4) is 0 Å². The van der Waals surface area contributed by atoms with E-state index >= 15 is 0 Å². The van der Waals surface area contributed by atoms with Gasteiger partial charge in [-0.15, -0.1) is 0 Å². The molecule has 17 aromatic rings. The van der Waals surface area contributed by atoms with Gasteiger partial charge < -0.3 is 9.13 Å². The average Bonchev–Trinajstić information content (AvgIpc) is 1.42. The first-order valence-electron chi connectivity index (χ1n) is 33.1. The Morgan fingerprint density at radius 3 is 0.947 bits per heavy atom. The molecule has 0 atom stereocenters. The second kappa shape index (κ2) is 20.5. The van der Waals surface area contributed by atoms with Crippen molar-refractivity contribution in [2.75, 3.05) is 0 Å². The van der Waals surface area contributed by atoms with Crippen molar-refractivity contribution in [3.05, 3.63) is 338 Å². The molecule has 0 fully saturated rings. The molecule has 19 rings (SSSR count). The lowest BCUT2D eigenvalue weighted by Crippen LogP contribution is -2.15. The maximum absolute atomic E-state index is 2.61. The van der Waals surface area contributed by atoms with Crippen molar-refractivity contribution in [1.29, 1.82) is 0 Å². The monoisotopic (exact) mass is 1200 g/mol. The first kappa shape index (κ1) is 54.2. The van der Waals surface area contributed by atoms with Gasteiger partial charge in [0.15, 0.2) is 0 Å². The SMILES string of the molecule is CC1(C)c2ccccc2-c2ccc(-n3c(-c4ccccc4)c(-c4ccccc4)c4cc5c(-c6ccc7ccccc7c6)c6cc7c(cc6c(-c6ccc8ccccc8c6)c5cc43)c(-c3ccccc3)c(-c3ccccc3)n7-c3ccc4c(c3)C(C)(C)c3ccccc3-4)cc21. The van der Waals surface area contributed by atoms with Crippen LogP contribution in [0.1, 0.15) is 49.9 Å². The van der Waals surface area contributed by atoms with Crippen molar-refractivity contribution in [2.24, 2.45) is 0 Å². The number of aromatic nitrogens is 2. The Kier molecular flexibility index (Phi) is 11.8. The Labute approximate surface area is 547 Å². The quantitative estimate of drug-likeness (QED) is 0.134. The largest absolute Gasteiger partial charge is 0.309 e. The van der Waals surface area contributed by atoms with E-state index in [0.717, 1.165) is 44.9 Å². The van der Waals surface area contributed by atoms with Gasteiger partial charge in [0.05, 0.1) is 22.4 Å². The molecule has 0 aliphatic heterocycles. The van der Waals surface area contributed by atoms with Crippen LogP contribution in [0, 0.1) is 0 Å². The molecule has 0 amide bonds. The lowest BCUT2D eigenvalue weighted by atomic mass is 9.82. The highest BCUT2D eigenvalue weighted by Gasteiger charge is 2.38. The van der Waals surface area contributed by atoms with Gasteiger partial charge in [-0.3, -0.25) is 0 Å². The summed E-state index contributed by atoms with van der Waals surface area (Å²) >= 11 is 0. The summed E-state index contributed by atoms with van der Waals surface area (Å²) in [5, 5.41) is 12.0. The van der Waals surface area contributed by atoms with E-state index in [9.17, 15) is 0 Å². The topological polar surface area (TPSA) is 9.86 Å². The number of hydrogen-bond donors (Lipinski definition) is 0. The third-order valence-electron chi connectivity index (χ3n) is 21.2. The van der Waals surface area contributed by atoms with E-state index in [-0.39, 0.29) is 10.8 Å². The molecule has 442 valence electrons. The molecule has 2 heterocycles. The van der Waals surface area contributed by atoms with Crippen molar-refractivity contribution < 1.29 is 0 Å². The molecule has 15 aromatic carbocycles. The van der Waals surface area contributed by atoms with Crippen molar-refractivity contribution in [3.8, 4) is 101 Å². The van der Waals surface area contributed by atoms with Crippen LogP contribution >= 0.6 is 0 Å². The summed E-state index contributed by atoms with van der Waals surface area (Å²) < 4.78 is 5.21. The fraction of sp³-hybridized carbons (Fsp3) is 0.0652. The van der Waals surface area contributed by atoms with Crippen LogP contribution in [-0.4, -0.2) is 9.13 Å². The van der Waals surface area contributed by atoms with Crippen LogP contribution in [0.2, 0.25) is 0 Å². The van der Waals surface area contributed by atoms with Gasteiger partial charge in [0, 0.05) is 44.1 Å². The van der Waals surface area contributed by atoms with Crippen LogP contribution in [0.5, 0.6) is 0 Å². The van der Waals surface area contributed by atoms with Crippen LogP contribution < -0.4 is 0 Å². The number of hydrogen-bond acceptors (Lipinski definition) is 0. The van der Waals surface area contributed by atoms with Crippen molar-refractivity contribution >= 4 is 64.9 Å². The van der Waals surface area contributed by atoms with Gasteiger partial charge in [-0.05, 0) is 193 Å². The molecular weight excluding hydrogens is 1130 g/mol. The van der Waals surface area contributed by atoms with E-state index in [2.05, 4.69) is 352 Å². The minimum Gasteiger partial charge on any atom is -0.309 e. The Hall–Kier alpha value is -11.6. The summed E-state index contributed by atoms with van der Waals surface area (Å²) in [7, 11) is 0. The van der Waals surface area contributed by atoms with Gasteiger partial charge in [-0.2, -0.15) is 0 Å². The predicted octanol–water partition coefficient (Wildman–Crippen LogP) is 24.8. The molecule has 2 nitrogen and oxygen atoms in total. The highest BCUT2D eigenvalue weighted by atomic mass is 15.0. The molecule has 0 radical (unpaired) electrons. The highest BCUT2D eigenvalue weighted by molar-refractivity contribution is 6.28. The first-order valence-corrected chi connectivity index (χ1v) is 33.1. The van der Waals surface area contributed by atoms with E-state index in [1.165, 1.54) is 143 Å². The fourth-order valence-electron chi connectivity index (χ4n) is 16.8. The van der Waals surface area contributed by atoms with Crippen LogP contribution in [-0.2, 0) is 10.8 Å². The maximum atomic E-state index is 2.61. The second-order valence-corrected chi connectivity index (χ2v) is 27.1. The smallest absolute Gasteiger partial charge is 0.0619 e. The fourth-order valence-corrected chi connectivity index (χ4v) is 16.8. The van der Waals surface area contributed by atoms with Gasteiger partial charge in [0.2, 0.25) is 0 Å². The number of benzene rings is 15. The summed E-state index contributed by atoms with van der Waals surface area (Å²) in [4.78, 5) is 0. The molecule has 0 saturated carbocycles. The first-order chi connectivity index (χ1) is 46.2. The van der Waals surface area contributed by atoms with Gasteiger partial charge in [0.1, 0.15) is 0 Å². The minimum atomic E-state index is -0.212. The van der Waals surface area contributed by atoms with Gasteiger partial charge in [-0.25, -0.2) is 0 Å². The Morgan fingerprint density at radius 1 is 0.213 bits per heavy atom. The number of nitrogens with zero attached hydrogens (tertiary/aromatic N) is 2. The Morgan fingerprint density at radius 2 is 0.543 bits per heavy atom. The van der Waals surface area contributed by atoms with Gasteiger partial charge >= 0.3 is 0 Å². The van der Waals surface area contributed by atoms with Crippen LogP contribution in [0.15, 0.2) is 315 Å². The summed E-state index contributed by atoms with van der Waals surface area (Å²) in [6.45, 7) is 9.59. The van der Waals surface area contributed by atoms with Crippen LogP contribution in [0.4, 0.5) is 0 Å². The molecule has 0 bridgehead atoms. The third kappa shape index (κ3) is 7.96. The summed E-state index contributed by atoms with van der Waals surface area (Å²) in [5.74, 6) is 0. The maximum Gasteiger partial charge on any atom is 0.0619 e. The summed E-state index contributed by atoms with van der Waals surface area (Å²) in [5.41, 5.74) is 28.9. The van der Waals surface area contributed by atoms with E-state index < -0.39 is 0 Å². The van der Waals surface area contributed by atoms with E-state index in [0.29, 0.717) is 0 Å². The van der Waals surface area contributed by atoms with Crippen molar-refractivity contribution in [1.82, 2.24) is 9.13 Å². The molecule has 0 saturated heterocycles. The van der Waals surface area contributed by atoms with Gasteiger partial charge in [-0.1, -0.05) is 282 Å². The minimum absolute atomic E-state index is 0.212. The Balaban J connectivity index is 1.03. The molecule has 0 unspecified atom stereocenters. The molecule has 0 spiro atoms. The number of rotatable bonds is 8. The molecule has 0 N–H and O–H groups in total. The van der Waals surface area contributed by atoms with Crippen LogP contribution in [0.25, 0.3) is 166 Å². The molecule has 2 heteroatoms. The third-order valence-corrected chi connectivity index (χ3v) is 21.2. The standard InChI is InChI=1S/C92H64N2/c1-91(2)79-39-23-21-37-69(79)71-47-45-67(51-81(71)91)93-83-55-75-73(53-77(83)87(59-27-9-5-10-28-59)89(93)61-31-13-7-14-32-61)86(66-44-42-58-26-18-20-36-64(58)50-66)76-56-84-78(54-74(76)85(75)65-43-41-57-25-17-19-35-63(57)49-65)88(60-29-11-6-12-30-60)90(62-33-15-8-16-34-62)94(84)68-46-48-72-70-38-22-24-40-80(70)92(3,4)82(72)52-68/h5-56H,1-4H3. The zero-order chi connectivity index (χ0) is 62.6. The van der Waals surface area contributed by atoms with E-state index in [1.807, 2.05) is 0 Å². The lowest BCUT2D eigenvalue weighted by Gasteiger charge is -2.23. The average molecular weight is 1200 g/mol. The lowest BCUT2D eigenvalue weighted by molar-refractivity contribution is 0.659. The van der Waals surface area contributed by atoms with Crippen molar-refractivity contribution in [3.63, 3.8) is 0 Å². The molecule has 94 heavy (non-hydrogen) atoms. The van der Waals surface area contributed by atoms with Crippen molar-refractivity contribution in [2.45, 2.75) is 38.5 Å². The highest BCUT2D eigenvalue weighted by Crippen LogP contribution is 2.56. The molecule has 2 aromatic heterocycles. The zero-order valence-corrected chi connectivity index (χ0v) is 52.9. The Bertz CT molecular complexity index is 5630. The van der Waals surface area contributed by atoms with E-state index in [4.69, 9.17) is 0 Å². The second-order valence-electron chi connectivity index (χ2n) is 27.1. The summed E-state index contributed by atoms with van der Waals surface area (Å²) in [6, 6.07) is 119. The predicted molar refractivity (Wildman–Crippen MR) is 398 cm³/mol. The zero-order valence-electron chi connectivity index (χ0n) is 52.9. The molecule has 2 aliphatic carbocycles. The normalized spacial score (nSPS) is 13.5. The van der Waals surface area contributed by atoms with E-state index in [1.54, 1.807) is 0 Å². The molecular formula is C92H64N2. The summed E-state index contributed by atoms with van der Waals surface area (Å²) in [6.07, 6.45) is 0.